The van der Waals surface area contributed by atoms with Crippen molar-refractivity contribution >= 4 is 23.5 Å². The normalized spacial score (nSPS) is 12.7. The number of nitriles is 2. The van der Waals surface area contributed by atoms with E-state index >= 15 is 0 Å². The summed E-state index contributed by atoms with van der Waals surface area (Å²) in [6.07, 6.45) is 2.01. The maximum absolute atomic E-state index is 11.4. The number of nitrogens with zero attached hydrogens (tertiary/aromatic N) is 4. The number of benzene rings is 2. The van der Waals surface area contributed by atoms with Gasteiger partial charge >= 0.3 is 5.97 Å². The van der Waals surface area contributed by atoms with Gasteiger partial charge in [-0.05, 0) is 48.2 Å². The van der Waals surface area contributed by atoms with Crippen molar-refractivity contribution in [3.8, 4) is 29.0 Å². The molecule has 1 fully saturated rings. The lowest BCUT2D eigenvalue weighted by atomic mass is 9.96. The number of carbonyl (C=O) groups is 1. The molecule has 1 saturated heterocycles. The molecule has 0 radical (unpaired) electrons. The number of aliphatic hydroxyl groups is 1. The summed E-state index contributed by atoms with van der Waals surface area (Å²) in [6.45, 7) is 1.64. The monoisotopic (exact) mass is 500 g/mol. The van der Waals surface area contributed by atoms with Gasteiger partial charge < -0.3 is 19.8 Å². The van der Waals surface area contributed by atoms with Gasteiger partial charge in [0.25, 0.3) is 0 Å². The summed E-state index contributed by atoms with van der Waals surface area (Å²) in [5, 5.41) is 39.1. The molecule has 36 heavy (non-hydrogen) atoms. The first-order valence-corrected chi connectivity index (χ1v) is 12.5. The molecule has 0 spiro atoms. The van der Waals surface area contributed by atoms with Crippen LogP contribution in [0.2, 0.25) is 0 Å². The molecule has 0 bridgehead atoms. The van der Waals surface area contributed by atoms with Crippen LogP contribution >= 0.6 is 11.8 Å². The number of anilines is 1. The van der Waals surface area contributed by atoms with E-state index in [1.54, 1.807) is 36.4 Å². The Balaban J connectivity index is 1.79. The molecule has 0 aliphatic carbocycles. The van der Waals surface area contributed by atoms with Crippen molar-refractivity contribution in [2.24, 2.45) is 0 Å². The van der Waals surface area contributed by atoms with Crippen LogP contribution in [-0.4, -0.2) is 47.5 Å². The Kier molecular flexibility index (Phi) is 8.06. The van der Waals surface area contributed by atoms with Gasteiger partial charge in [0.2, 0.25) is 0 Å². The Labute approximate surface area is 213 Å². The highest BCUT2D eigenvalue weighted by Crippen LogP contribution is 2.39. The molecule has 2 N–H and O–H groups in total. The van der Waals surface area contributed by atoms with E-state index in [9.17, 15) is 20.4 Å². The minimum atomic E-state index is -0.999. The maximum atomic E-state index is 11.4. The molecule has 2 heterocycles. The maximum Gasteiger partial charge on any atom is 0.335 e. The number of hydrogen-bond donors (Lipinski definition) is 2. The molecule has 4 rings (SSSR count). The van der Waals surface area contributed by atoms with Crippen LogP contribution in [0.25, 0.3) is 11.1 Å². The van der Waals surface area contributed by atoms with E-state index in [1.165, 1.54) is 17.8 Å². The van der Waals surface area contributed by atoms with Crippen molar-refractivity contribution in [1.82, 2.24) is 4.98 Å². The summed E-state index contributed by atoms with van der Waals surface area (Å²) >= 11 is 1.35. The van der Waals surface area contributed by atoms with E-state index < -0.39 is 5.97 Å². The first kappa shape index (κ1) is 25.1. The molecule has 3 aromatic rings. The van der Waals surface area contributed by atoms with Gasteiger partial charge in [0.15, 0.2) is 0 Å². The molecule has 1 aliphatic rings. The molecule has 0 unspecified atom stereocenters. The molecular formula is C27H24N4O4S. The van der Waals surface area contributed by atoms with Crippen LogP contribution in [0, 0.1) is 22.7 Å². The van der Waals surface area contributed by atoms with E-state index in [0.29, 0.717) is 44.6 Å². The predicted molar refractivity (Wildman–Crippen MR) is 136 cm³/mol. The fourth-order valence-corrected chi connectivity index (χ4v) is 5.07. The standard InChI is InChI=1S/C27H24N4O4S/c28-15-22-24(19-6-8-21(9-7-19)35-13-12-32)23(16-29)26(30-25(22)31-10-1-2-11-31)36-17-18-4-3-5-20(14-18)27(33)34/h3-9,14,32H,1-2,10-13,17H2,(H,33,34). The number of thioether (sulfide) groups is 1. The Bertz CT molecular complexity index is 1340. The number of aromatic nitrogens is 1. The Hall–Kier alpha value is -4.05. The first-order chi connectivity index (χ1) is 17.5. The second-order valence-electron chi connectivity index (χ2n) is 8.17. The lowest BCUT2D eigenvalue weighted by molar-refractivity contribution is 0.0696. The van der Waals surface area contributed by atoms with E-state index in [4.69, 9.17) is 14.8 Å². The summed E-state index contributed by atoms with van der Waals surface area (Å²) in [4.78, 5) is 18.2. The molecule has 2 aromatic carbocycles. The quantitative estimate of drug-likeness (QED) is 0.409. The highest BCUT2D eigenvalue weighted by molar-refractivity contribution is 7.98. The number of rotatable bonds is 9. The molecule has 0 amide bonds. The van der Waals surface area contributed by atoms with Crippen LogP contribution in [-0.2, 0) is 5.75 Å². The number of pyridine rings is 1. The number of aromatic carboxylic acids is 1. The fraction of sp³-hybridized carbons (Fsp3) is 0.259. The molecule has 0 saturated carbocycles. The topological polar surface area (TPSA) is 130 Å². The van der Waals surface area contributed by atoms with Crippen LogP contribution in [0.5, 0.6) is 5.75 Å². The van der Waals surface area contributed by atoms with Gasteiger partial charge in [-0.2, -0.15) is 10.5 Å². The summed E-state index contributed by atoms with van der Waals surface area (Å²) in [7, 11) is 0. The van der Waals surface area contributed by atoms with E-state index in [-0.39, 0.29) is 18.8 Å². The lowest BCUT2D eigenvalue weighted by Crippen LogP contribution is -2.21. The Morgan fingerprint density at radius 1 is 1.08 bits per heavy atom. The van der Waals surface area contributed by atoms with Gasteiger partial charge in [-0.1, -0.05) is 24.3 Å². The molecule has 9 heteroatoms. The SMILES string of the molecule is N#Cc1c(SCc2cccc(C(=O)O)c2)nc(N2CCCC2)c(C#N)c1-c1ccc(OCCO)cc1. The summed E-state index contributed by atoms with van der Waals surface area (Å²) in [5.74, 6) is 0.556. The first-order valence-electron chi connectivity index (χ1n) is 11.5. The number of carboxylic acids is 1. The van der Waals surface area contributed by atoms with Crippen molar-refractivity contribution in [3.63, 3.8) is 0 Å². The zero-order chi connectivity index (χ0) is 25.5. The van der Waals surface area contributed by atoms with Crippen molar-refractivity contribution in [2.75, 3.05) is 31.2 Å². The third-order valence-corrected chi connectivity index (χ3v) is 6.87. The molecule has 1 aliphatic heterocycles. The fourth-order valence-electron chi connectivity index (χ4n) is 4.14. The zero-order valence-corrected chi connectivity index (χ0v) is 20.3. The van der Waals surface area contributed by atoms with Crippen LogP contribution in [0.4, 0.5) is 5.82 Å². The van der Waals surface area contributed by atoms with Crippen LogP contribution in [0.15, 0.2) is 53.6 Å². The zero-order valence-electron chi connectivity index (χ0n) is 19.5. The van der Waals surface area contributed by atoms with Crippen LogP contribution in [0.3, 0.4) is 0 Å². The molecular weight excluding hydrogens is 476 g/mol. The van der Waals surface area contributed by atoms with Gasteiger partial charge in [0.1, 0.15) is 40.9 Å². The number of carboxylic acid groups (broad SMARTS) is 1. The second-order valence-corrected chi connectivity index (χ2v) is 9.14. The third-order valence-electron chi connectivity index (χ3n) is 5.83. The summed E-state index contributed by atoms with van der Waals surface area (Å²) in [5.41, 5.74) is 2.87. The highest BCUT2D eigenvalue weighted by atomic mass is 32.2. The highest BCUT2D eigenvalue weighted by Gasteiger charge is 2.26. The third kappa shape index (κ3) is 5.44. The van der Waals surface area contributed by atoms with Crippen molar-refractivity contribution in [3.05, 3.63) is 70.8 Å². The van der Waals surface area contributed by atoms with Gasteiger partial charge in [0, 0.05) is 24.4 Å². The van der Waals surface area contributed by atoms with Gasteiger partial charge in [-0.15, -0.1) is 11.8 Å². The smallest absolute Gasteiger partial charge is 0.335 e. The Morgan fingerprint density at radius 2 is 1.81 bits per heavy atom. The summed E-state index contributed by atoms with van der Waals surface area (Å²) < 4.78 is 5.46. The predicted octanol–water partition coefficient (Wildman–Crippen LogP) is 4.45. The molecule has 1 aromatic heterocycles. The molecule has 0 atom stereocenters. The van der Waals surface area contributed by atoms with Gasteiger partial charge in [-0.3, -0.25) is 0 Å². The van der Waals surface area contributed by atoms with Crippen LogP contribution in [0.1, 0.15) is 39.9 Å². The number of ether oxygens (including phenoxy) is 1. The Morgan fingerprint density at radius 3 is 2.44 bits per heavy atom. The minimum absolute atomic E-state index is 0.0988. The van der Waals surface area contributed by atoms with Gasteiger partial charge in [0.05, 0.1) is 17.7 Å². The van der Waals surface area contributed by atoms with Crippen molar-refractivity contribution in [1.29, 1.82) is 10.5 Å². The van der Waals surface area contributed by atoms with E-state index in [0.717, 1.165) is 31.5 Å². The van der Waals surface area contributed by atoms with E-state index in [2.05, 4.69) is 17.0 Å². The van der Waals surface area contributed by atoms with Crippen molar-refractivity contribution < 1.29 is 19.7 Å². The van der Waals surface area contributed by atoms with Crippen LogP contribution < -0.4 is 9.64 Å². The molecule has 182 valence electrons. The minimum Gasteiger partial charge on any atom is -0.491 e. The molecule has 8 nitrogen and oxygen atoms in total. The van der Waals surface area contributed by atoms with E-state index in [1.807, 2.05) is 6.07 Å². The van der Waals surface area contributed by atoms with Gasteiger partial charge in [-0.25, -0.2) is 9.78 Å². The number of hydrogen-bond acceptors (Lipinski definition) is 8. The average Bonchev–Trinajstić information content (AvgIpc) is 3.45. The lowest BCUT2D eigenvalue weighted by Gasteiger charge is -2.22. The van der Waals surface area contributed by atoms with Crippen molar-refractivity contribution in [2.45, 2.75) is 23.6 Å². The summed E-state index contributed by atoms with van der Waals surface area (Å²) in [6, 6.07) is 18.3. The number of aliphatic hydroxyl groups excluding tert-OH is 1. The largest absolute Gasteiger partial charge is 0.491 e. The average molecular weight is 501 g/mol. The second kappa shape index (κ2) is 11.6.